The Morgan fingerprint density at radius 3 is 2.33 bits per heavy atom. The van der Waals surface area contributed by atoms with Crippen molar-refractivity contribution in [1.29, 1.82) is 0 Å². The average molecular weight is 188 g/mol. The fourth-order valence-electron chi connectivity index (χ4n) is 1.75. The van der Waals surface area contributed by atoms with Gasteiger partial charge in [0.2, 0.25) is 0 Å². The van der Waals surface area contributed by atoms with Gasteiger partial charge in [-0.3, -0.25) is 4.79 Å². The summed E-state index contributed by atoms with van der Waals surface area (Å²) < 4.78 is 0. The second-order valence-corrected chi connectivity index (χ2v) is 4.17. The quantitative estimate of drug-likeness (QED) is 0.620. The molecule has 0 aliphatic heterocycles. The minimum absolute atomic E-state index is 0.0720. The van der Waals surface area contributed by atoms with E-state index in [1.165, 1.54) is 12.8 Å². The second-order valence-electron chi connectivity index (χ2n) is 3.50. The van der Waals surface area contributed by atoms with Gasteiger partial charge in [-0.15, -0.1) is 0 Å². The molecule has 70 valence electrons. The molecule has 1 aliphatic rings. The third kappa shape index (κ3) is 2.70. The van der Waals surface area contributed by atoms with Crippen LogP contribution in [0.5, 0.6) is 0 Å². The van der Waals surface area contributed by atoms with E-state index in [2.05, 4.69) is 12.6 Å². The molecule has 0 aromatic carbocycles. The van der Waals surface area contributed by atoms with Gasteiger partial charge in [-0.2, -0.15) is 12.6 Å². The van der Waals surface area contributed by atoms with Gasteiger partial charge in [-0.1, -0.05) is 25.7 Å². The molecule has 1 rings (SSSR count). The van der Waals surface area contributed by atoms with Crippen LogP contribution in [0.1, 0.15) is 38.5 Å². The van der Waals surface area contributed by atoms with Crippen LogP contribution in [0.25, 0.3) is 0 Å². The molecular formula is C9H16O2S. The summed E-state index contributed by atoms with van der Waals surface area (Å²) in [6.07, 6.45) is 6.38. The van der Waals surface area contributed by atoms with Gasteiger partial charge >= 0.3 is 5.97 Å². The molecule has 0 saturated heterocycles. The summed E-state index contributed by atoms with van der Waals surface area (Å²) in [5, 5.41) is 8.95. The van der Waals surface area contributed by atoms with Gasteiger partial charge in [-0.25, -0.2) is 0 Å². The molecule has 2 nitrogen and oxygen atoms in total. The van der Waals surface area contributed by atoms with Crippen LogP contribution >= 0.6 is 12.6 Å². The molecule has 0 spiro atoms. The Balaban J connectivity index is 2.48. The summed E-state index contributed by atoms with van der Waals surface area (Å²) in [5.74, 6) is -0.884. The minimum atomic E-state index is -0.670. The second kappa shape index (κ2) is 4.75. The van der Waals surface area contributed by atoms with Crippen LogP contribution in [0.4, 0.5) is 0 Å². The Morgan fingerprint density at radius 2 is 1.75 bits per heavy atom. The van der Waals surface area contributed by atoms with Crippen molar-refractivity contribution in [1.82, 2.24) is 0 Å². The number of carboxylic acids is 1. The van der Waals surface area contributed by atoms with Gasteiger partial charge < -0.3 is 5.11 Å². The Morgan fingerprint density at radius 1 is 1.17 bits per heavy atom. The molecule has 2 unspecified atom stereocenters. The zero-order chi connectivity index (χ0) is 8.97. The minimum Gasteiger partial charge on any atom is -0.481 e. The van der Waals surface area contributed by atoms with Crippen LogP contribution in [-0.2, 0) is 4.79 Å². The molecular weight excluding hydrogens is 172 g/mol. The maximum Gasteiger partial charge on any atom is 0.307 e. The fourth-order valence-corrected chi connectivity index (χ4v) is 2.21. The molecule has 1 fully saturated rings. The molecule has 0 aromatic rings. The van der Waals surface area contributed by atoms with Crippen molar-refractivity contribution < 1.29 is 9.90 Å². The largest absolute Gasteiger partial charge is 0.481 e. The zero-order valence-corrected chi connectivity index (χ0v) is 8.09. The molecule has 0 radical (unpaired) electrons. The predicted molar refractivity (Wildman–Crippen MR) is 51.6 cm³/mol. The van der Waals surface area contributed by atoms with E-state index >= 15 is 0 Å². The van der Waals surface area contributed by atoms with Gasteiger partial charge in [0.15, 0.2) is 0 Å². The van der Waals surface area contributed by atoms with Crippen molar-refractivity contribution in [3.63, 3.8) is 0 Å². The van der Waals surface area contributed by atoms with E-state index in [0.717, 1.165) is 25.7 Å². The van der Waals surface area contributed by atoms with Crippen molar-refractivity contribution >= 4 is 18.6 Å². The molecule has 2 atom stereocenters. The van der Waals surface area contributed by atoms with Crippen molar-refractivity contribution in [2.75, 3.05) is 0 Å². The summed E-state index contributed by atoms with van der Waals surface area (Å²) in [6, 6.07) is 0. The Bertz CT molecular complexity index is 159. The van der Waals surface area contributed by atoms with Gasteiger partial charge in [0.05, 0.1) is 5.92 Å². The smallest absolute Gasteiger partial charge is 0.307 e. The molecule has 1 N–H and O–H groups in total. The average Bonchev–Trinajstić information content (AvgIpc) is 1.96. The normalized spacial score (nSPS) is 32.1. The summed E-state index contributed by atoms with van der Waals surface area (Å²) in [6.45, 7) is 0. The van der Waals surface area contributed by atoms with Crippen LogP contribution in [0.15, 0.2) is 0 Å². The maximum atomic E-state index is 10.8. The topological polar surface area (TPSA) is 37.3 Å². The van der Waals surface area contributed by atoms with Crippen LogP contribution < -0.4 is 0 Å². The number of carboxylic acid groups (broad SMARTS) is 1. The zero-order valence-electron chi connectivity index (χ0n) is 7.20. The monoisotopic (exact) mass is 188 g/mol. The Hall–Kier alpha value is -0.180. The molecule has 0 amide bonds. The van der Waals surface area contributed by atoms with Crippen molar-refractivity contribution in [3.8, 4) is 0 Å². The lowest BCUT2D eigenvalue weighted by Crippen LogP contribution is -2.25. The Labute approximate surface area is 78.8 Å². The van der Waals surface area contributed by atoms with E-state index in [0.29, 0.717) is 0 Å². The number of aliphatic carboxylic acids is 1. The Kier molecular flexibility index (Phi) is 3.92. The highest BCUT2D eigenvalue weighted by Crippen LogP contribution is 2.26. The lowest BCUT2D eigenvalue weighted by Gasteiger charge is -2.21. The summed E-state index contributed by atoms with van der Waals surface area (Å²) >= 11 is 4.33. The SMILES string of the molecule is O=C(O)C1CCCCCCC1S. The molecule has 1 aliphatic carbocycles. The van der Waals surface area contributed by atoms with E-state index < -0.39 is 5.97 Å². The van der Waals surface area contributed by atoms with Crippen molar-refractivity contribution in [3.05, 3.63) is 0 Å². The number of hydrogen-bond acceptors (Lipinski definition) is 2. The number of thiol groups is 1. The molecule has 0 aromatic heterocycles. The first kappa shape index (κ1) is 9.90. The van der Waals surface area contributed by atoms with Crippen molar-refractivity contribution in [2.24, 2.45) is 5.92 Å². The fraction of sp³-hybridized carbons (Fsp3) is 0.889. The van der Waals surface area contributed by atoms with E-state index in [1.54, 1.807) is 0 Å². The summed E-state index contributed by atoms with van der Waals surface area (Å²) in [5.41, 5.74) is 0. The van der Waals surface area contributed by atoms with Crippen molar-refractivity contribution in [2.45, 2.75) is 43.8 Å². The van der Waals surface area contributed by atoms with Crippen LogP contribution in [0.2, 0.25) is 0 Å². The van der Waals surface area contributed by atoms with Crippen LogP contribution in [0.3, 0.4) is 0 Å². The van der Waals surface area contributed by atoms with E-state index in [1.807, 2.05) is 0 Å². The molecule has 3 heteroatoms. The standard InChI is InChI=1S/C9H16O2S/c10-9(11)7-5-3-1-2-4-6-8(7)12/h7-8,12H,1-6H2,(H,10,11). The van der Waals surface area contributed by atoms with Crippen LogP contribution in [0, 0.1) is 5.92 Å². The van der Waals surface area contributed by atoms with E-state index in [4.69, 9.17) is 5.11 Å². The lowest BCUT2D eigenvalue weighted by molar-refractivity contribution is -0.142. The van der Waals surface area contributed by atoms with Crippen LogP contribution in [-0.4, -0.2) is 16.3 Å². The highest BCUT2D eigenvalue weighted by atomic mass is 32.1. The van der Waals surface area contributed by atoms with Gasteiger partial charge in [0.1, 0.15) is 0 Å². The molecule has 0 heterocycles. The first-order valence-corrected chi connectivity index (χ1v) is 5.14. The van der Waals surface area contributed by atoms with Gasteiger partial charge in [0.25, 0.3) is 0 Å². The molecule has 1 saturated carbocycles. The molecule has 12 heavy (non-hydrogen) atoms. The summed E-state index contributed by atoms with van der Waals surface area (Å²) in [7, 11) is 0. The predicted octanol–water partition coefficient (Wildman–Crippen LogP) is 2.34. The lowest BCUT2D eigenvalue weighted by atomic mass is 9.91. The number of hydrogen-bond donors (Lipinski definition) is 2. The highest BCUT2D eigenvalue weighted by Gasteiger charge is 2.25. The molecule has 0 bridgehead atoms. The third-order valence-corrected chi connectivity index (χ3v) is 3.16. The number of carbonyl (C=O) groups is 1. The van der Waals surface area contributed by atoms with E-state index in [9.17, 15) is 4.79 Å². The maximum absolute atomic E-state index is 10.8. The van der Waals surface area contributed by atoms with Gasteiger partial charge in [0, 0.05) is 5.25 Å². The van der Waals surface area contributed by atoms with E-state index in [-0.39, 0.29) is 11.2 Å². The third-order valence-electron chi connectivity index (χ3n) is 2.55. The van der Waals surface area contributed by atoms with Gasteiger partial charge in [-0.05, 0) is 12.8 Å². The first-order valence-electron chi connectivity index (χ1n) is 4.62. The highest BCUT2D eigenvalue weighted by molar-refractivity contribution is 7.81. The first-order chi connectivity index (χ1) is 5.72. The number of rotatable bonds is 1. The summed E-state index contributed by atoms with van der Waals surface area (Å²) in [4.78, 5) is 10.8.